The summed E-state index contributed by atoms with van der Waals surface area (Å²) >= 11 is 0. The molecule has 1 aliphatic carbocycles. The van der Waals surface area contributed by atoms with E-state index in [1.807, 2.05) is 0 Å². The summed E-state index contributed by atoms with van der Waals surface area (Å²) in [4.78, 5) is 42.2. The lowest BCUT2D eigenvalue weighted by atomic mass is 9.77. The fourth-order valence-electron chi connectivity index (χ4n) is 5.52. The molecule has 0 radical (unpaired) electrons. The Bertz CT molecular complexity index is 968. The molecule has 10 heteroatoms. The van der Waals surface area contributed by atoms with Gasteiger partial charge in [0.25, 0.3) is 5.91 Å². The van der Waals surface area contributed by atoms with Gasteiger partial charge in [-0.05, 0) is 84.0 Å². The van der Waals surface area contributed by atoms with E-state index >= 15 is 0 Å². The summed E-state index contributed by atoms with van der Waals surface area (Å²) in [5.41, 5.74) is -1.04. The molecular weight excluding hydrogens is 487 g/mol. The quantitative estimate of drug-likeness (QED) is 0.488. The maximum atomic E-state index is 13.3. The third kappa shape index (κ3) is 7.24. The number of rotatable bonds is 9. The highest BCUT2D eigenvalue weighted by molar-refractivity contribution is 5.98. The number of carbonyl (C=O) groups excluding carboxylic acids is 3. The lowest BCUT2D eigenvalue weighted by molar-refractivity contribution is -0.143. The molecule has 1 N–H and O–H groups in total. The summed E-state index contributed by atoms with van der Waals surface area (Å²) in [5, 5.41) is 2.64. The Balaban J connectivity index is 1.69. The molecule has 1 heterocycles. The molecule has 4 atom stereocenters. The molecule has 1 aliphatic heterocycles. The van der Waals surface area contributed by atoms with Gasteiger partial charge in [-0.2, -0.15) is 13.2 Å². The van der Waals surface area contributed by atoms with Crippen LogP contribution in [0.1, 0.15) is 75.2 Å². The molecular formula is C27H38F3N3O4. The SMILES string of the molecule is CCOC(=O)CCC1CC(N(C)C(C)C)CCC1N1CCC(NC(=O)c2cccc(C(F)(F)F)c2)C1=O. The number of likely N-dealkylation sites (tertiary alicyclic amines) is 1. The standard InChI is InChI=1S/C27H38F3N3O4/c1-5-37-24(34)12-9-18-16-21(32(4)17(2)3)10-11-23(18)33-14-13-22(26(33)36)31-25(35)19-7-6-8-20(15-19)27(28,29)30/h6-8,15,17-18,21-23H,5,9-14,16H2,1-4H3,(H,31,35). The first-order valence-corrected chi connectivity index (χ1v) is 13.1. The summed E-state index contributed by atoms with van der Waals surface area (Å²) in [6, 6.07) is 4.06. The summed E-state index contributed by atoms with van der Waals surface area (Å²) in [7, 11) is 2.10. The highest BCUT2D eigenvalue weighted by atomic mass is 19.4. The Hall–Kier alpha value is -2.62. The Labute approximate surface area is 216 Å². The van der Waals surface area contributed by atoms with Crippen molar-refractivity contribution in [3.8, 4) is 0 Å². The summed E-state index contributed by atoms with van der Waals surface area (Å²) in [5.74, 6) is -1.07. The van der Waals surface area contributed by atoms with Gasteiger partial charge in [0.15, 0.2) is 0 Å². The molecule has 0 spiro atoms. The second-order valence-corrected chi connectivity index (χ2v) is 10.3. The minimum Gasteiger partial charge on any atom is -0.466 e. The zero-order chi connectivity index (χ0) is 27.3. The normalized spacial score (nSPS) is 24.6. The number of carbonyl (C=O) groups is 3. The van der Waals surface area contributed by atoms with Crippen molar-refractivity contribution in [3.05, 3.63) is 35.4 Å². The van der Waals surface area contributed by atoms with Gasteiger partial charge in [-0.1, -0.05) is 6.07 Å². The Morgan fingerprint density at radius 1 is 1.22 bits per heavy atom. The number of alkyl halides is 3. The van der Waals surface area contributed by atoms with Crippen LogP contribution in [0, 0.1) is 5.92 Å². The van der Waals surface area contributed by atoms with Crippen LogP contribution in [0.3, 0.4) is 0 Å². The van der Waals surface area contributed by atoms with Gasteiger partial charge in [0.05, 0.1) is 12.2 Å². The number of benzene rings is 1. The van der Waals surface area contributed by atoms with Crippen molar-refractivity contribution >= 4 is 17.8 Å². The lowest BCUT2D eigenvalue weighted by Crippen LogP contribution is -2.51. The molecule has 1 aromatic rings. The van der Waals surface area contributed by atoms with Crippen molar-refractivity contribution in [3.63, 3.8) is 0 Å². The predicted octanol–water partition coefficient (Wildman–Crippen LogP) is 4.26. The van der Waals surface area contributed by atoms with Crippen LogP contribution in [0.4, 0.5) is 13.2 Å². The van der Waals surface area contributed by atoms with Gasteiger partial charge in [0.1, 0.15) is 6.04 Å². The van der Waals surface area contributed by atoms with Crippen LogP contribution < -0.4 is 5.32 Å². The van der Waals surface area contributed by atoms with Gasteiger partial charge >= 0.3 is 12.1 Å². The Morgan fingerprint density at radius 3 is 2.59 bits per heavy atom. The average molecular weight is 526 g/mol. The smallest absolute Gasteiger partial charge is 0.416 e. The van der Waals surface area contributed by atoms with Crippen molar-refractivity contribution in [1.82, 2.24) is 15.1 Å². The van der Waals surface area contributed by atoms with Crippen LogP contribution in [0.25, 0.3) is 0 Å². The summed E-state index contributed by atoms with van der Waals surface area (Å²) in [6.45, 7) is 6.83. The second kappa shape index (κ2) is 12.3. The molecule has 1 saturated carbocycles. The largest absolute Gasteiger partial charge is 0.466 e. The minimum atomic E-state index is -4.56. The van der Waals surface area contributed by atoms with Gasteiger partial charge in [-0.15, -0.1) is 0 Å². The van der Waals surface area contributed by atoms with E-state index in [1.54, 1.807) is 11.8 Å². The van der Waals surface area contributed by atoms with Gasteiger partial charge in [0, 0.05) is 36.7 Å². The zero-order valence-corrected chi connectivity index (χ0v) is 22.0. The summed E-state index contributed by atoms with van der Waals surface area (Å²) in [6.07, 6.45) is -0.724. The average Bonchev–Trinajstić information content (AvgIpc) is 3.21. The number of halogens is 3. The molecule has 7 nitrogen and oxygen atoms in total. The third-order valence-electron chi connectivity index (χ3n) is 7.73. The first kappa shape index (κ1) is 28.9. The van der Waals surface area contributed by atoms with Gasteiger partial charge in [-0.3, -0.25) is 14.4 Å². The zero-order valence-electron chi connectivity index (χ0n) is 22.0. The van der Waals surface area contributed by atoms with E-state index < -0.39 is 23.7 Å². The van der Waals surface area contributed by atoms with Gasteiger partial charge < -0.3 is 19.9 Å². The molecule has 2 fully saturated rings. The molecule has 1 saturated heterocycles. The predicted molar refractivity (Wildman–Crippen MR) is 133 cm³/mol. The van der Waals surface area contributed by atoms with Crippen LogP contribution >= 0.6 is 0 Å². The number of ether oxygens (including phenoxy) is 1. The van der Waals surface area contributed by atoms with Crippen molar-refractivity contribution in [1.29, 1.82) is 0 Å². The second-order valence-electron chi connectivity index (χ2n) is 10.3. The number of esters is 1. The first-order valence-electron chi connectivity index (χ1n) is 13.1. The number of hydrogen-bond donors (Lipinski definition) is 1. The van der Waals surface area contributed by atoms with Crippen molar-refractivity contribution in [2.75, 3.05) is 20.2 Å². The van der Waals surface area contributed by atoms with E-state index in [0.29, 0.717) is 38.1 Å². The highest BCUT2D eigenvalue weighted by Crippen LogP contribution is 2.36. The molecule has 3 rings (SSSR count). The van der Waals surface area contributed by atoms with Gasteiger partial charge in [0.2, 0.25) is 5.91 Å². The monoisotopic (exact) mass is 525 g/mol. The van der Waals surface area contributed by atoms with Crippen molar-refractivity contribution in [2.24, 2.45) is 5.92 Å². The first-order chi connectivity index (χ1) is 17.4. The maximum Gasteiger partial charge on any atom is 0.416 e. The molecule has 0 bridgehead atoms. The molecule has 37 heavy (non-hydrogen) atoms. The molecule has 2 amide bonds. The lowest BCUT2D eigenvalue weighted by Gasteiger charge is -2.44. The molecule has 206 valence electrons. The van der Waals surface area contributed by atoms with Crippen LogP contribution in [0.5, 0.6) is 0 Å². The van der Waals surface area contributed by atoms with E-state index in [-0.39, 0.29) is 35.8 Å². The number of amides is 2. The van der Waals surface area contributed by atoms with Gasteiger partial charge in [-0.25, -0.2) is 0 Å². The molecule has 0 aromatic heterocycles. The van der Waals surface area contributed by atoms with Crippen LogP contribution in [0.2, 0.25) is 0 Å². The molecule has 1 aromatic carbocycles. The van der Waals surface area contributed by atoms with Crippen LogP contribution in [0.15, 0.2) is 24.3 Å². The highest BCUT2D eigenvalue weighted by Gasteiger charge is 2.43. The number of nitrogens with one attached hydrogen (secondary N) is 1. The summed E-state index contributed by atoms with van der Waals surface area (Å²) < 4.78 is 44.2. The third-order valence-corrected chi connectivity index (χ3v) is 7.73. The van der Waals surface area contributed by atoms with E-state index in [1.165, 1.54) is 12.1 Å². The van der Waals surface area contributed by atoms with E-state index in [0.717, 1.165) is 31.4 Å². The molecule has 4 unspecified atom stereocenters. The number of nitrogens with zero attached hydrogens (tertiary/aromatic N) is 2. The fraction of sp³-hybridized carbons (Fsp3) is 0.667. The topological polar surface area (TPSA) is 79.0 Å². The minimum absolute atomic E-state index is 0.0609. The number of hydrogen-bond acceptors (Lipinski definition) is 5. The van der Waals surface area contributed by atoms with Crippen LogP contribution in [-0.2, 0) is 20.5 Å². The van der Waals surface area contributed by atoms with Crippen molar-refractivity contribution in [2.45, 2.75) is 89.6 Å². The Kier molecular flexibility index (Phi) is 9.61. The van der Waals surface area contributed by atoms with E-state index in [4.69, 9.17) is 4.74 Å². The van der Waals surface area contributed by atoms with E-state index in [2.05, 4.69) is 31.1 Å². The van der Waals surface area contributed by atoms with E-state index in [9.17, 15) is 27.6 Å². The van der Waals surface area contributed by atoms with Crippen LogP contribution in [-0.4, -0.2) is 72.0 Å². The Morgan fingerprint density at radius 2 is 1.95 bits per heavy atom. The maximum absolute atomic E-state index is 13.3. The fourth-order valence-corrected chi connectivity index (χ4v) is 5.52. The van der Waals surface area contributed by atoms with Crippen molar-refractivity contribution < 1.29 is 32.3 Å². The molecule has 2 aliphatic rings.